The summed E-state index contributed by atoms with van der Waals surface area (Å²) in [5, 5.41) is 0. The molecule has 0 nitrogen and oxygen atoms in total. The van der Waals surface area contributed by atoms with E-state index in [9.17, 15) is 17.3 Å². The predicted octanol–water partition coefficient (Wildman–Crippen LogP) is 4.67. The molecule has 0 unspecified atom stereocenters. The first-order chi connectivity index (χ1) is 6.00. The smallest absolute Gasteiger partial charge is 0.418 e. The molecule has 0 atom stereocenters. The molecule has 0 saturated heterocycles. The largest absolute Gasteiger partial charge is 1.00 e. The zero-order valence-corrected chi connectivity index (χ0v) is 14.7. The van der Waals surface area contributed by atoms with Crippen molar-refractivity contribution in [1.29, 1.82) is 0 Å². The molecule has 8 heteroatoms. The molecule has 106 valence electrons. The Morgan fingerprint density at radius 2 is 0.688 bits per heavy atom. The molecule has 0 amide bonds. The van der Waals surface area contributed by atoms with Crippen LogP contribution >= 0.6 is 14.5 Å². The van der Waals surface area contributed by atoms with Gasteiger partial charge >= 0.3 is 29.6 Å². The summed E-state index contributed by atoms with van der Waals surface area (Å²) < 4.78 is 39.0. The van der Waals surface area contributed by atoms with E-state index in [4.69, 9.17) is 0 Å². The monoisotopic (exact) mass is 464 g/mol. The molecule has 0 saturated carbocycles. The van der Waals surface area contributed by atoms with E-state index >= 15 is 0 Å². The molecular formula is C8H22AuBF4P2. The molecule has 0 aliphatic carbocycles. The van der Waals surface area contributed by atoms with Crippen LogP contribution in [-0.2, 0) is 22.4 Å². The molecule has 0 aromatic carbocycles. The Labute approximate surface area is 115 Å². The Morgan fingerprint density at radius 3 is 0.688 bits per heavy atom. The number of rotatable bonds is 0. The third-order valence-electron chi connectivity index (χ3n) is 0. The van der Waals surface area contributed by atoms with E-state index in [0.717, 1.165) is 0 Å². The predicted molar refractivity (Wildman–Crippen MR) is 70.3 cm³/mol. The average Bonchev–Trinajstić information content (AvgIpc) is 1.41. The molecule has 0 aromatic rings. The van der Waals surface area contributed by atoms with Crippen molar-refractivity contribution in [2.24, 2.45) is 0 Å². The van der Waals surface area contributed by atoms with Gasteiger partial charge in [-0.15, -0.1) is 14.5 Å². The van der Waals surface area contributed by atoms with Crippen LogP contribution in [0.3, 0.4) is 0 Å². The number of hydrogen-bond acceptors (Lipinski definition) is 0. The van der Waals surface area contributed by atoms with Gasteiger partial charge in [-0.05, 0) is 0 Å². The van der Waals surface area contributed by atoms with Crippen LogP contribution in [0.1, 0.15) is 0 Å². The normalized spacial score (nSPS) is 11.2. The number of halogens is 4. The molecule has 0 rings (SSSR count). The summed E-state index contributed by atoms with van der Waals surface area (Å²) in [7, 11) is -7.28. The van der Waals surface area contributed by atoms with Crippen LogP contribution in [0.2, 0.25) is 0 Å². The zero-order valence-electron chi connectivity index (χ0n) is 10.7. The van der Waals surface area contributed by atoms with Crippen molar-refractivity contribution < 1.29 is 39.6 Å². The summed E-state index contributed by atoms with van der Waals surface area (Å²) in [6, 6.07) is 0. The minimum Gasteiger partial charge on any atom is -0.418 e. The van der Waals surface area contributed by atoms with Crippen LogP contribution in [0.5, 0.6) is 0 Å². The third kappa shape index (κ3) is 1660. The Balaban J connectivity index is -0.0000000655. The maximum atomic E-state index is 9.75. The molecule has 0 spiro atoms. The average molecular weight is 464 g/mol. The van der Waals surface area contributed by atoms with Crippen LogP contribution < -0.4 is 0 Å². The van der Waals surface area contributed by atoms with Crippen molar-refractivity contribution in [2.75, 3.05) is 40.0 Å². The topological polar surface area (TPSA) is 0 Å². The quantitative estimate of drug-likeness (QED) is 0.212. The van der Waals surface area contributed by atoms with Gasteiger partial charge in [0, 0.05) is 40.0 Å². The van der Waals surface area contributed by atoms with E-state index in [0.29, 0.717) is 0 Å². The Hall–Kier alpha value is 1.39. The molecular weight excluding hydrogens is 442 g/mol. The van der Waals surface area contributed by atoms with Crippen molar-refractivity contribution in [2.45, 2.75) is 0 Å². The van der Waals surface area contributed by atoms with Crippen LogP contribution in [-0.4, -0.2) is 47.2 Å². The Bertz CT molecular complexity index is 105. The molecule has 0 fully saturated rings. The van der Waals surface area contributed by atoms with Crippen LogP contribution in [0.15, 0.2) is 0 Å². The minimum atomic E-state index is -6.00. The minimum absolute atomic E-state index is 0. The van der Waals surface area contributed by atoms with Gasteiger partial charge in [-0.2, -0.15) is 13.3 Å². The molecule has 0 N–H and O–H groups in total. The second kappa shape index (κ2) is 10.3. The van der Waals surface area contributed by atoms with Crippen LogP contribution in [0.25, 0.3) is 0 Å². The van der Waals surface area contributed by atoms with Gasteiger partial charge in [0.1, 0.15) is 0 Å². The second-order valence-corrected chi connectivity index (χ2v) is 14.2. The fourth-order valence-electron chi connectivity index (χ4n) is 0. The molecule has 0 radical (unpaired) electrons. The van der Waals surface area contributed by atoms with Gasteiger partial charge in [0.05, 0.1) is 0 Å². The number of hydrogen-bond donors (Lipinski definition) is 0. The molecule has 0 aliphatic rings. The van der Waals surface area contributed by atoms with E-state index < -0.39 is 21.8 Å². The van der Waals surface area contributed by atoms with Gasteiger partial charge < -0.3 is 17.3 Å². The summed E-state index contributed by atoms with van der Waals surface area (Å²) in [4.78, 5) is 0. The van der Waals surface area contributed by atoms with E-state index in [2.05, 4.69) is 53.3 Å². The van der Waals surface area contributed by atoms with Gasteiger partial charge in [-0.3, -0.25) is 0 Å². The first kappa shape index (κ1) is 26.1. The fraction of sp³-hybridized carbons (Fsp3) is 0.750. The van der Waals surface area contributed by atoms with Crippen molar-refractivity contribution in [3.8, 4) is 0 Å². The summed E-state index contributed by atoms with van der Waals surface area (Å²) in [5.74, 6) is 0. The first-order valence-electron chi connectivity index (χ1n) is 4.19. The van der Waals surface area contributed by atoms with E-state index in [1.54, 1.807) is 0 Å². The standard InChI is InChI=1S/2C4H11P.Au.BF4/c2*1-5(2,3)4;;2-1(3,4)5/h2*1H2,2-4H3;;/q;;+1;-1. The summed E-state index contributed by atoms with van der Waals surface area (Å²) in [6.45, 7) is 20.9. The summed E-state index contributed by atoms with van der Waals surface area (Å²) >= 11 is 0. The zero-order chi connectivity index (χ0) is 13.5. The summed E-state index contributed by atoms with van der Waals surface area (Å²) in [6.07, 6.45) is 0. The molecule has 0 heterocycles. The third-order valence-corrected chi connectivity index (χ3v) is 0. The summed E-state index contributed by atoms with van der Waals surface area (Å²) in [5.41, 5.74) is 0. The van der Waals surface area contributed by atoms with Crippen LogP contribution in [0.4, 0.5) is 17.3 Å². The molecule has 0 aliphatic heterocycles. The van der Waals surface area contributed by atoms with E-state index in [1.165, 1.54) is 0 Å². The maximum absolute atomic E-state index is 9.75. The maximum Gasteiger partial charge on any atom is 1.00 e. The van der Waals surface area contributed by atoms with E-state index in [-0.39, 0.29) is 22.4 Å². The Morgan fingerprint density at radius 1 is 0.688 bits per heavy atom. The van der Waals surface area contributed by atoms with Crippen molar-refractivity contribution in [3.63, 3.8) is 0 Å². The Kier molecular flexibility index (Phi) is 16.8. The first-order valence-corrected chi connectivity index (χ1v) is 10.8. The fourth-order valence-corrected chi connectivity index (χ4v) is 0. The van der Waals surface area contributed by atoms with Gasteiger partial charge in [-0.25, -0.2) is 0 Å². The molecule has 0 bridgehead atoms. The van der Waals surface area contributed by atoms with Crippen LogP contribution in [0, 0.1) is 13.3 Å². The SMILES string of the molecule is F[B-](F)(F)F.[Au+].[CH2-][P+](C)(C)C.[CH2-][P+](C)(C)C. The van der Waals surface area contributed by atoms with Gasteiger partial charge in [0.2, 0.25) is 0 Å². The van der Waals surface area contributed by atoms with Crippen molar-refractivity contribution in [3.05, 3.63) is 13.3 Å². The van der Waals surface area contributed by atoms with Gasteiger partial charge in [0.25, 0.3) is 0 Å². The van der Waals surface area contributed by atoms with E-state index in [1.807, 2.05) is 0 Å². The van der Waals surface area contributed by atoms with Crippen molar-refractivity contribution in [1.82, 2.24) is 0 Å². The van der Waals surface area contributed by atoms with Gasteiger partial charge in [-0.1, -0.05) is 0 Å². The molecule has 16 heavy (non-hydrogen) atoms. The van der Waals surface area contributed by atoms with Crippen molar-refractivity contribution >= 4 is 21.8 Å². The van der Waals surface area contributed by atoms with Gasteiger partial charge in [0.15, 0.2) is 0 Å². The second-order valence-electron chi connectivity index (χ2n) is 5.08. The molecule has 0 aromatic heterocycles.